The number of rotatable bonds is 7. The average Bonchev–Trinajstić information content (AvgIpc) is 2.42. The summed E-state index contributed by atoms with van der Waals surface area (Å²) in [5, 5.41) is 2.84. The van der Waals surface area contributed by atoms with Crippen LogP contribution in [0.3, 0.4) is 0 Å². The van der Waals surface area contributed by atoms with Crippen molar-refractivity contribution in [3.63, 3.8) is 0 Å². The van der Waals surface area contributed by atoms with Crippen molar-refractivity contribution in [1.82, 2.24) is 20.2 Å². The van der Waals surface area contributed by atoms with E-state index in [0.717, 1.165) is 6.54 Å². The fraction of sp³-hybridized carbons (Fsp3) is 0.615. The number of hydrogen-bond acceptors (Lipinski definition) is 6. The van der Waals surface area contributed by atoms with E-state index in [-0.39, 0.29) is 11.6 Å². The maximum Gasteiger partial charge on any atom is 0.271 e. The number of nitrogens with zero attached hydrogens (tertiary/aromatic N) is 3. The van der Waals surface area contributed by atoms with E-state index >= 15 is 0 Å². The van der Waals surface area contributed by atoms with Gasteiger partial charge in [-0.2, -0.15) is 0 Å². The van der Waals surface area contributed by atoms with Crippen molar-refractivity contribution in [3.05, 3.63) is 18.1 Å². The second-order valence-corrected chi connectivity index (χ2v) is 5.12. The topological polar surface area (TPSA) is 96.2 Å². The molecule has 0 unspecified atom stereocenters. The van der Waals surface area contributed by atoms with Crippen molar-refractivity contribution in [3.8, 4) is 0 Å². The lowest BCUT2D eigenvalue weighted by Crippen LogP contribution is -2.42. The summed E-state index contributed by atoms with van der Waals surface area (Å²) in [4.78, 5) is 22.2. The van der Waals surface area contributed by atoms with E-state index in [2.05, 4.69) is 53.3 Å². The molecule has 1 aromatic rings. The normalized spacial score (nSPS) is 11.2. The van der Waals surface area contributed by atoms with E-state index < -0.39 is 0 Å². The highest BCUT2D eigenvalue weighted by Crippen LogP contribution is 2.04. The number of hydrogen-bond donors (Lipinski definition) is 3. The van der Waals surface area contributed by atoms with E-state index in [0.29, 0.717) is 24.4 Å². The van der Waals surface area contributed by atoms with E-state index in [1.807, 2.05) is 0 Å². The van der Waals surface area contributed by atoms with Gasteiger partial charge in [-0.3, -0.25) is 14.7 Å². The van der Waals surface area contributed by atoms with Crippen LogP contribution in [-0.2, 0) is 0 Å². The van der Waals surface area contributed by atoms with Gasteiger partial charge in [-0.25, -0.2) is 10.8 Å². The molecule has 0 saturated heterocycles. The monoisotopic (exact) mass is 280 g/mol. The standard InChI is InChI=1S/C13H24N6O/c1-9(2)19(10(3)4)6-5-16-13(20)11-7-15-8-12(17-11)18-14/h7-10H,5-6,14H2,1-4H3,(H,16,20)(H,17,18). The van der Waals surface area contributed by atoms with Crippen molar-refractivity contribution in [1.29, 1.82) is 0 Å². The summed E-state index contributed by atoms with van der Waals surface area (Å²) in [7, 11) is 0. The first-order valence-electron chi connectivity index (χ1n) is 6.78. The van der Waals surface area contributed by atoms with Gasteiger partial charge >= 0.3 is 0 Å². The molecule has 1 rings (SSSR count). The SMILES string of the molecule is CC(C)N(CCNC(=O)c1cncc(NN)n1)C(C)C. The third-order valence-electron chi connectivity index (χ3n) is 3.00. The van der Waals surface area contributed by atoms with Crippen LogP contribution in [0.25, 0.3) is 0 Å². The molecular formula is C13H24N6O. The number of hydrazine groups is 1. The van der Waals surface area contributed by atoms with Crippen LogP contribution in [0.4, 0.5) is 5.82 Å². The summed E-state index contributed by atoms with van der Waals surface area (Å²) in [5.74, 6) is 5.35. The lowest BCUT2D eigenvalue weighted by atomic mass is 10.2. The summed E-state index contributed by atoms with van der Waals surface area (Å²) in [5.41, 5.74) is 2.62. The molecule has 0 aliphatic rings. The molecule has 20 heavy (non-hydrogen) atoms. The Bertz CT molecular complexity index is 427. The molecule has 112 valence electrons. The summed E-state index contributed by atoms with van der Waals surface area (Å²) in [6.45, 7) is 9.93. The van der Waals surface area contributed by atoms with E-state index in [4.69, 9.17) is 5.84 Å². The third kappa shape index (κ3) is 4.75. The van der Waals surface area contributed by atoms with Gasteiger partial charge < -0.3 is 10.7 Å². The number of nitrogens with two attached hydrogens (primary N) is 1. The molecule has 7 nitrogen and oxygen atoms in total. The molecule has 1 amide bonds. The zero-order chi connectivity index (χ0) is 15.1. The van der Waals surface area contributed by atoms with Crippen LogP contribution in [0.2, 0.25) is 0 Å². The first kappa shape index (κ1) is 16.3. The van der Waals surface area contributed by atoms with Gasteiger partial charge in [-0.15, -0.1) is 0 Å². The molecule has 0 atom stereocenters. The molecule has 0 bridgehead atoms. The van der Waals surface area contributed by atoms with E-state index in [1.165, 1.54) is 12.4 Å². The van der Waals surface area contributed by atoms with Crippen LogP contribution in [0.5, 0.6) is 0 Å². The Morgan fingerprint density at radius 3 is 2.50 bits per heavy atom. The Morgan fingerprint density at radius 1 is 1.30 bits per heavy atom. The number of carbonyl (C=O) groups excluding carboxylic acids is 1. The maximum absolute atomic E-state index is 11.9. The number of nitrogen functional groups attached to an aromatic ring is 1. The van der Waals surface area contributed by atoms with Crippen LogP contribution < -0.4 is 16.6 Å². The van der Waals surface area contributed by atoms with Crippen molar-refractivity contribution in [2.24, 2.45) is 5.84 Å². The second kappa shape index (κ2) is 7.76. The maximum atomic E-state index is 11.9. The highest BCUT2D eigenvalue weighted by atomic mass is 16.1. The highest BCUT2D eigenvalue weighted by molar-refractivity contribution is 5.92. The van der Waals surface area contributed by atoms with Crippen LogP contribution in [0.1, 0.15) is 38.2 Å². The van der Waals surface area contributed by atoms with Gasteiger partial charge in [0, 0.05) is 25.2 Å². The number of carbonyl (C=O) groups is 1. The minimum Gasteiger partial charge on any atom is -0.349 e. The molecule has 1 heterocycles. The van der Waals surface area contributed by atoms with Crippen LogP contribution in [-0.4, -0.2) is 45.9 Å². The molecular weight excluding hydrogens is 256 g/mol. The number of aromatic nitrogens is 2. The van der Waals surface area contributed by atoms with Crippen LogP contribution in [0, 0.1) is 0 Å². The first-order valence-corrected chi connectivity index (χ1v) is 6.78. The molecule has 1 aromatic heterocycles. The largest absolute Gasteiger partial charge is 0.349 e. The fourth-order valence-electron chi connectivity index (χ4n) is 2.05. The molecule has 0 spiro atoms. The fourth-order valence-corrected chi connectivity index (χ4v) is 2.05. The summed E-state index contributed by atoms with van der Waals surface area (Å²) >= 11 is 0. The number of anilines is 1. The van der Waals surface area contributed by atoms with Crippen molar-refractivity contribution < 1.29 is 4.79 Å². The van der Waals surface area contributed by atoms with Gasteiger partial charge in [0.25, 0.3) is 5.91 Å². The molecule has 7 heteroatoms. The Morgan fingerprint density at radius 2 is 1.95 bits per heavy atom. The van der Waals surface area contributed by atoms with E-state index in [9.17, 15) is 4.79 Å². The van der Waals surface area contributed by atoms with Crippen molar-refractivity contribution in [2.75, 3.05) is 18.5 Å². The van der Waals surface area contributed by atoms with Crippen LogP contribution >= 0.6 is 0 Å². The Hall–Kier alpha value is -1.73. The Balaban J connectivity index is 2.50. The zero-order valence-corrected chi connectivity index (χ0v) is 12.6. The predicted molar refractivity (Wildman–Crippen MR) is 79.2 cm³/mol. The summed E-state index contributed by atoms with van der Waals surface area (Å²) < 4.78 is 0. The van der Waals surface area contributed by atoms with Gasteiger partial charge in [0.1, 0.15) is 5.69 Å². The average molecular weight is 280 g/mol. The number of nitrogens with one attached hydrogen (secondary N) is 2. The minimum atomic E-state index is -0.248. The van der Waals surface area contributed by atoms with Gasteiger partial charge in [0.05, 0.1) is 12.4 Å². The lowest BCUT2D eigenvalue weighted by molar-refractivity contribution is 0.0934. The lowest BCUT2D eigenvalue weighted by Gasteiger charge is -2.30. The van der Waals surface area contributed by atoms with Gasteiger partial charge in [0.2, 0.25) is 0 Å². The molecule has 0 aliphatic heterocycles. The predicted octanol–water partition coefficient (Wildman–Crippen LogP) is 0.611. The molecule has 0 aromatic carbocycles. The second-order valence-electron chi connectivity index (χ2n) is 5.12. The Labute approximate surface area is 119 Å². The smallest absolute Gasteiger partial charge is 0.271 e. The van der Waals surface area contributed by atoms with Crippen LogP contribution in [0.15, 0.2) is 12.4 Å². The van der Waals surface area contributed by atoms with Crippen molar-refractivity contribution in [2.45, 2.75) is 39.8 Å². The summed E-state index contributed by atoms with van der Waals surface area (Å²) in [6.07, 6.45) is 2.87. The third-order valence-corrected chi connectivity index (χ3v) is 3.00. The zero-order valence-electron chi connectivity index (χ0n) is 12.6. The van der Waals surface area contributed by atoms with E-state index in [1.54, 1.807) is 0 Å². The van der Waals surface area contributed by atoms with Gasteiger partial charge in [-0.1, -0.05) is 0 Å². The minimum absolute atomic E-state index is 0.248. The van der Waals surface area contributed by atoms with Crippen molar-refractivity contribution >= 4 is 11.7 Å². The van der Waals surface area contributed by atoms with Gasteiger partial charge in [-0.05, 0) is 27.7 Å². The highest BCUT2D eigenvalue weighted by Gasteiger charge is 2.14. The molecule has 0 fully saturated rings. The first-order chi connectivity index (χ1) is 9.45. The van der Waals surface area contributed by atoms with Gasteiger partial charge in [0.15, 0.2) is 5.82 Å². The number of amides is 1. The molecule has 4 N–H and O–H groups in total. The molecule has 0 aliphatic carbocycles. The Kier molecular flexibility index (Phi) is 6.33. The quantitative estimate of drug-likeness (QED) is 0.500. The molecule has 0 saturated carbocycles. The summed E-state index contributed by atoms with van der Waals surface area (Å²) in [6, 6.07) is 0.882. The molecule has 0 radical (unpaired) electrons.